The Balaban J connectivity index is 2.27. The lowest BCUT2D eigenvalue weighted by molar-refractivity contribution is 0.0919. The fourth-order valence-electron chi connectivity index (χ4n) is 1.77. The number of nitrogens with zero attached hydrogens (tertiary/aromatic N) is 1. The first-order chi connectivity index (χ1) is 8.52. The van der Waals surface area contributed by atoms with E-state index >= 15 is 0 Å². The molecule has 98 valence electrons. The fourth-order valence-corrected chi connectivity index (χ4v) is 1.77. The standard InChI is InChI=1S/C12H17N3O3/c1-6(5-16)13-11(17)9-7(2)14-10(8-3-4-8)15-12(9)18/h6,8,16H,3-5H2,1-2H3,(H,13,17)(H,14,15,18)/t6-/m1/s1. The normalized spacial score (nSPS) is 16.4. The molecule has 0 aliphatic heterocycles. The van der Waals surface area contributed by atoms with Gasteiger partial charge in [0.2, 0.25) is 0 Å². The van der Waals surface area contributed by atoms with Crippen molar-refractivity contribution in [2.24, 2.45) is 0 Å². The van der Waals surface area contributed by atoms with Gasteiger partial charge >= 0.3 is 0 Å². The Labute approximate surface area is 104 Å². The highest BCUT2D eigenvalue weighted by Gasteiger charge is 2.28. The van der Waals surface area contributed by atoms with Crippen LogP contribution in [0.1, 0.15) is 47.6 Å². The number of aromatic nitrogens is 2. The summed E-state index contributed by atoms with van der Waals surface area (Å²) in [5.41, 5.74) is 0.0510. The molecular weight excluding hydrogens is 234 g/mol. The van der Waals surface area contributed by atoms with Crippen molar-refractivity contribution in [2.45, 2.75) is 38.6 Å². The first-order valence-electron chi connectivity index (χ1n) is 6.05. The maximum atomic E-state index is 11.9. The predicted molar refractivity (Wildman–Crippen MR) is 65.6 cm³/mol. The summed E-state index contributed by atoms with van der Waals surface area (Å²) in [5, 5.41) is 11.4. The Kier molecular flexibility index (Phi) is 3.47. The second-order valence-corrected chi connectivity index (χ2v) is 4.74. The van der Waals surface area contributed by atoms with Crippen molar-refractivity contribution < 1.29 is 9.90 Å². The van der Waals surface area contributed by atoms with Crippen LogP contribution in [-0.4, -0.2) is 33.6 Å². The Morgan fingerprint density at radius 3 is 2.78 bits per heavy atom. The molecule has 1 aliphatic rings. The number of aromatic amines is 1. The van der Waals surface area contributed by atoms with Crippen LogP contribution in [0.2, 0.25) is 0 Å². The van der Waals surface area contributed by atoms with Gasteiger partial charge in [-0.15, -0.1) is 0 Å². The van der Waals surface area contributed by atoms with Crippen molar-refractivity contribution in [3.8, 4) is 0 Å². The van der Waals surface area contributed by atoms with Crippen LogP contribution in [0.5, 0.6) is 0 Å². The number of rotatable bonds is 4. The zero-order valence-corrected chi connectivity index (χ0v) is 10.5. The smallest absolute Gasteiger partial charge is 0.264 e. The largest absolute Gasteiger partial charge is 0.394 e. The summed E-state index contributed by atoms with van der Waals surface area (Å²) in [5.74, 6) is 0.513. The third kappa shape index (κ3) is 2.59. The number of aliphatic hydroxyl groups excluding tert-OH is 1. The minimum atomic E-state index is -0.495. The second-order valence-electron chi connectivity index (χ2n) is 4.74. The predicted octanol–water partition coefficient (Wildman–Crippen LogP) is 0.0663. The number of aliphatic hydroxyl groups is 1. The van der Waals surface area contributed by atoms with Crippen LogP contribution in [0.3, 0.4) is 0 Å². The summed E-state index contributed by atoms with van der Waals surface area (Å²) in [6.45, 7) is 3.14. The van der Waals surface area contributed by atoms with Gasteiger partial charge in [0.1, 0.15) is 11.4 Å². The van der Waals surface area contributed by atoms with Crippen molar-refractivity contribution in [3.63, 3.8) is 0 Å². The van der Waals surface area contributed by atoms with Crippen LogP contribution in [-0.2, 0) is 0 Å². The molecule has 0 saturated heterocycles. The van der Waals surface area contributed by atoms with E-state index in [4.69, 9.17) is 5.11 Å². The first-order valence-corrected chi connectivity index (χ1v) is 6.05. The van der Waals surface area contributed by atoms with Gasteiger partial charge in [-0.25, -0.2) is 4.98 Å². The average molecular weight is 251 g/mol. The van der Waals surface area contributed by atoms with E-state index < -0.39 is 11.5 Å². The van der Waals surface area contributed by atoms with E-state index in [0.717, 1.165) is 12.8 Å². The lowest BCUT2D eigenvalue weighted by Crippen LogP contribution is -2.39. The van der Waals surface area contributed by atoms with E-state index in [1.54, 1.807) is 13.8 Å². The monoisotopic (exact) mass is 251 g/mol. The van der Waals surface area contributed by atoms with Crippen molar-refractivity contribution in [1.29, 1.82) is 0 Å². The average Bonchev–Trinajstić information content (AvgIpc) is 3.11. The van der Waals surface area contributed by atoms with E-state index in [9.17, 15) is 9.59 Å². The number of H-pyrrole nitrogens is 1. The maximum Gasteiger partial charge on any atom is 0.264 e. The van der Waals surface area contributed by atoms with Crippen LogP contribution in [0, 0.1) is 6.92 Å². The Hall–Kier alpha value is -1.69. The summed E-state index contributed by atoms with van der Waals surface area (Å²) in [7, 11) is 0. The highest BCUT2D eigenvalue weighted by atomic mass is 16.3. The Bertz CT molecular complexity index is 520. The number of nitrogens with one attached hydrogen (secondary N) is 2. The van der Waals surface area contributed by atoms with E-state index in [-0.39, 0.29) is 18.2 Å². The maximum absolute atomic E-state index is 11.9. The van der Waals surface area contributed by atoms with Crippen LogP contribution in [0.4, 0.5) is 0 Å². The van der Waals surface area contributed by atoms with Gasteiger partial charge < -0.3 is 15.4 Å². The molecule has 6 nitrogen and oxygen atoms in total. The molecule has 1 amide bonds. The summed E-state index contributed by atoms with van der Waals surface area (Å²) in [6.07, 6.45) is 2.07. The minimum absolute atomic E-state index is 0.0275. The molecule has 1 saturated carbocycles. The summed E-state index contributed by atoms with van der Waals surface area (Å²) >= 11 is 0. The molecular formula is C12H17N3O3. The molecule has 2 rings (SSSR count). The molecule has 0 radical (unpaired) electrons. The lowest BCUT2D eigenvalue weighted by Gasteiger charge is -2.11. The Morgan fingerprint density at radius 2 is 2.28 bits per heavy atom. The molecule has 3 N–H and O–H groups in total. The summed E-state index contributed by atoms with van der Waals surface area (Å²) in [6, 6.07) is -0.389. The van der Waals surface area contributed by atoms with Crippen molar-refractivity contribution >= 4 is 5.91 Å². The van der Waals surface area contributed by atoms with Crippen molar-refractivity contribution in [1.82, 2.24) is 15.3 Å². The molecule has 6 heteroatoms. The van der Waals surface area contributed by atoms with Gasteiger partial charge in [-0.1, -0.05) is 0 Å². The molecule has 18 heavy (non-hydrogen) atoms. The number of hydrogen-bond acceptors (Lipinski definition) is 4. The first kappa shape index (κ1) is 12.8. The highest BCUT2D eigenvalue weighted by Crippen LogP contribution is 2.37. The van der Waals surface area contributed by atoms with E-state index in [1.807, 2.05) is 0 Å². The summed E-state index contributed by atoms with van der Waals surface area (Å²) < 4.78 is 0. The zero-order valence-electron chi connectivity index (χ0n) is 10.5. The molecule has 0 aromatic carbocycles. The quantitative estimate of drug-likeness (QED) is 0.705. The molecule has 0 spiro atoms. The lowest BCUT2D eigenvalue weighted by atomic mass is 10.2. The molecule has 1 aromatic heterocycles. The molecule has 1 atom stereocenters. The topological polar surface area (TPSA) is 95.1 Å². The summed E-state index contributed by atoms with van der Waals surface area (Å²) in [4.78, 5) is 30.7. The van der Waals surface area contributed by atoms with Crippen LogP contribution in [0.25, 0.3) is 0 Å². The number of aryl methyl sites for hydroxylation is 1. The molecule has 1 aliphatic carbocycles. The van der Waals surface area contributed by atoms with Gasteiger partial charge in [0.15, 0.2) is 0 Å². The second kappa shape index (κ2) is 4.89. The van der Waals surface area contributed by atoms with Crippen molar-refractivity contribution in [2.75, 3.05) is 6.61 Å². The van der Waals surface area contributed by atoms with Gasteiger partial charge in [-0.05, 0) is 26.7 Å². The molecule has 0 unspecified atom stereocenters. The van der Waals surface area contributed by atoms with Crippen LogP contribution in [0.15, 0.2) is 4.79 Å². The number of amides is 1. The number of carbonyl (C=O) groups is 1. The van der Waals surface area contributed by atoms with Gasteiger partial charge in [0.25, 0.3) is 11.5 Å². The van der Waals surface area contributed by atoms with Crippen LogP contribution >= 0.6 is 0 Å². The van der Waals surface area contributed by atoms with E-state index in [0.29, 0.717) is 17.4 Å². The van der Waals surface area contributed by atoms with E-state index in [1.165, 1.54) is 0 Å². The van der Waals surface area contributed by atoms with Crippen molar-refractivity contribution in [3.05, 3.63) is 27.4 Å². The third-order valence-corrected chi connectivity index (χ3v) is 2.96. The van der Waals surface area contributed by atoms with Gasteiger partial charge in [-0.3, -0.25) is 9.59 Å². The van der Waals surface area contributed by atoms with E-state index in [2.05, 4.69) is 15.3 Å². The minimum Gasteiger partial charge on any atom is -0.394 e. The van der Waals surface area contributed by atoms with Gasteiger partial charge in [0.05, 0.1) is 12.3 Å². The zero-order chi connectivity index (χ0) is 13.3. The van der Waals surface area contributed by atoms with Gasteiger partial charge in [0, 0.05) is 12.0 Å². The fraction of sp³-hybridized carbons (Fsp3) is 0.583. The van der Waals surface area contributed by atoms with Crippen LogP contribution < -0.4 is 10.9 Å². The number of carbonyl (C=O) groups excluding carboxylic acids is 1. The molecule has 0 bridgehead atoms. The highest BCUT2D eigenvalue weighted by molar-refractivity contribution is 5.94. The molecule has 1 heterocycles. The third-order valence-electron chi connectivity index (χ3n) is 2.96. The molecule has 1 fully saturated rings. The number of hydrogen-bond donors (Lipinski definition) is 3. The Morgan fingerprint density at radius 1 is 1.61 bits per heavy atom. The molecule has 1 aromatic rings. The van der Waals surface area contributed by atoms with Gasteiger partial charge in [-0.2, -0.15) is 0 Å². The SMILES string of the molecule is Cc1nc(C2CC2)[nH]c(=O)c1C(=O)N[C@H](C)CO.